The number of fused-ring (bicyclic) bond motifs is 1. The molecule has 3 heteroatoms. The van der Waals surface area contributed by atoms with Gasteiger partial charge in [0.25, 0.3) is 0 Å². The Bertz CT molecular complexity index is 399. The molecule has 18 heavy (non-hydrogen) atoms. The van der Waals surface area contributed by atoms with E-state index in [1.807, 2.05) is 0 Å². The highest BCUT2D eigenvalue weighted by atomic mass is 16.5. The standard InChI is InChI=1S/C15H21NO2/c1-2-13-10-14(3-4-15(13)16-7-1)18-11-12-5-8-17-9-6-12/h3-4,10,12,16H,1-2,5-9,11H2. The lowest BCUT2D eigenvalue weighted by Crippen LogP contribution is -2.21. The van der Waals surface area contributed by atoms with Gasteiger partial charge in [0.05, 0.1) is 6.61 Å². The summed E-state index contributed by atoms with van der Waals surface area (Å²) < 4.78 is 11.3. The molecule has 2 aliphatic rings. The maximum Gasteiger partial charge on any atom is 0.119 e. The van der Waals surface area contributed by atoms with Gasteiger partial charge in [0.2, 0.25) is 0 Å². The van der Waals surface area contributed by atoms with Crippen LogP contribution in [0.4, 0.5) is 5.69 Å². The second kappa shape index (κ2) is 5.61. The van der Waals surface area contributed by atoms with Crippen molar-refractivity contribution in [3.63, 3.8) is 0 Å². The van der Waals surface area contributed by atoms with E-state index in [0.29, 0.717) is 5.92 Å². The first-order valence-corrected chi connectivity index (χ1v) is 6.99. The Morgan fingerprint density at radius 3 is 3.06 bits per heavy atom. The first kappa shape index (κ1) is 11.8. The molecular formula is C15H21NO2. The van der Waals surface area contributed by atoms with Crippen LogP contribution in [0.15, 0.2) is 18.2 Å². The van der Waals surface area contributed by atoms with E-state index in [2.05, 4.69) is 23.5 Å². The first-order chi connectivity index (χ1) is 8.92. The van der Waals surface area contributed by atoms with Crippen molar-refractivity contribution < 1.29 is 9.47 Å². The van der Waals surface area contributed by atoms with Crippen LogP contribution >= 0.6 is 0 Å². The molecule has 1 fully saturated rings. The van der Waals surface area contributed by atoms with E-state index >= 15 is 0 Å². The summed E-state index contributed by atoms with van der Waals surface area (Å²) in [6.45, 7) is 3.70. The number of rotatable bonds is 3. The first-order valence-electron chi connectivity index (χ1n) is 6.99. The highest BCUT2D eigenvalue weighted by Crippen LogP contribution is 2.27. The molecule has 0 aromatic heterocycles. The predicted molar refractivity (Wildman–Crippen MR) is 72.3 cm³/mol. The number of hydrogen-bond donors (Lipinski definition) is 1. The van der Waals surface area contributed by atoms with E-state index in [1.54, 1.807) is 0 Å². The van der Waals surface area contributed by atoms with Gasteiger partial charge in [-0.1, -0.05) is 0 Å². The molecule has 2 aliphatic heterocycles. The average molecular weight is 247 g/mol. The second-order valence-electron chi connectivity index (χ2n) is 5.22. The lowest BCUT2D eigenvalue weighted by molar-refractivity contribution is 0.0497. The van der Waals surface area contributed by atoms with Crippen LogP contribution in [0, 0.1) is 5.92 Å². The average Bonchev–Trinajstić information content (AvgIpc) is 2.46. The minimum absolute atomic E-state index is 0.660. The quantitative estimate of drug-likeness (QED) is 0.891. The molecule has 1 aromatic carbocycles. The molecule has 98 valence electrons. The highest BCUT2D eigenvalue weighted by Gasteiger charge is 2.15. The number of anilines is 1. The Morgan fingerprint density at radius 1 is 1.28 bits per heavy atom. The third-order valence-electron chi connectivity index (χ3n) is 3.84. The van der Waals surface area contributed by atoms with Crippen LogP contribution in [0.5, 0.6) is 5.75 Å². The van der Waals surface area contributed by atoms with E-state index in [4.69, 9.17) is 9.47 Å². The van der Waals surface area contributed by atoms with Crippen molar-refractivity contribution in [3.8, 4) is 5.75 Å². The van der Waals surface area contributed by atoms with Crippen molar-refractivity contribution in [3.05, 3.63) is 23.8 Å². The zero-order valence-corrected chi connectivity index (χ0v) is 10.8. The summed E-state index contributed by atoms with van der Waals surface area (Å²) in [6, 6.07) is 6.42. The van der Waals surface area contributed by atoms with Gasteiger partial charge in [-0.05, 0) is 55.4 Å². The Kier molecular flexibility index (Phi) is 3.69. The lowest BCUT2D eigenvalue weighted by Gasteiger charge is -2.23. The van der Waals surface area contributed by atoms with Gasteiger partial charge in [-0.15, -0.1) is 0 Å². The third kappa shape index (κ3) is 2.78. The SMILES string of the molecule is c1cc2c(cc1OCC1CCOCC1)CCCN2. The van der Waals surface area contributed by atoms with Gasteiger partial charge in [-0.2, -0.15) is 0 Å². The van der Waals surface area contributed by atoms with Gasteiger partial charge in [0.1, 0.15) is 5.75 Å². The number of nitrogens with one attached hydrogen (secondary N) is 1. The molecule has 1 aromatic rings. The van der Waals surface area contributed by atoms with Crippen molar-refractivity contribution in [2.75, 3.05) is 31.7 Å². The predicted octanol–water partition coefficient (Wildman–Crippen LogP) is 2.85. The molecule has 2 heterocycles. The molecular weight excluding hydrogens is 226 g/mol. The van der Waals surface area contributed by atoms with Crippen LogP contribution < -0.4 is 10.1 Å². The van der Waals surface area contributed by atoms with Crippen molar-refractivity contribution in [2.45, 2.75) is 25.7 Å². The number of ether oxygens (including phenoxy) is 2. The Morgan fingerprint density at radius 2 is 2.17 bits per heavy atom. The molecule has 0 aliphatic carbocycles. The van der Waals surface area contributed by atoms with Gasteiger partial charge in [0, 0.05) is 25.4 Å². The molecule has 1 saturated heterocycles. The Hall–Kier alpha value is -1.22. The fraction of sp³-hybridized carbons (Fsp3) is 0.600. The van der Waals surface area contributed by atoms with E-state index in [0.717, 1.165) is 51.4 Å². The third-order valence-corrected chi connectivity index (χ3v) is 3.84. The maximum atomic E-state index is 5.93. The van der Waals surface area contributed by atoms with Crippen LogP contribution in [0.3, 0.4) is 0 Å². The van der Waals surface area contributed by atoms with Crippen molar-refractivity contribution >= 4 is 5.69 Å². The van der Waals surface area contributed by atoms with Gasteiger partial charge in [-0.25, -0.2) is 0 Å². The van der Waals surface area contributed by atoms with Gasteiger partial charge in [-0.3, -0.25) is 0 Å². The molecule has 0 atom stereocenters. The molecule has 1 N–H and O–H groups in total. The van der Waals surface area contributed by atoms with Crippen LogP contribution in [0.1, 0.15) is 24.8 Å². The Labute approximate surface area is 108 Å². The van der Waals surface area contributed by atoms with E-state index in [1.165, 1.54) is 17.7 Å². The molecule has 3 nitrogen and oxygen atoms in total. The fourth-order valence-electron chi connectivity index (χ4n) is 2.67. The van der Waals surface area contributed by atoms with Gasteiger partial charge < -0.3 is 14.8 Å². The molecule has 0 spiro atoms. The summed E-state index contributed by atoms with van der Waals surface area (Å²) in [6.07, 6.45) is 4.65. The Balaban J connectivity index is 1.58. The second-order valence-corrected chi connectivity index (χ2v) is 5.22. The topological polar surface area (TPSA) is 30.5 Å². The smallest absolute Gasteiger partial charge is 0.119 e. The lowest BCUT2D eigenvalue weighted by atomic mass is 10.0. The summed E-state index contributed by atoms with van der Waals surface area (Å²) in [4.78, 5) is 0. The summed E-state index contributed by atoms with van der Waals surface area (Å²) in [5, 5.41) is 3.42. The maximum absolute atomic E-state index is 5.93. The van der Waals surface area contributed by atoms with Crippen molar-refractivity contribution in [2.24, 2.45) is 5.92 Å². The summed E-state index contributed by atoms with van der Waals surface area (Å²) in [5.41, 5.74) is 2.67. The summed E-state index contributed by atoms with van der Waals surface area (Å²) in [5.74, 6) is 1.68. The van der Waals surface area contributed by atoms with Crippen molar-refractivity contribution in [1.29, 1.82) is 0 Å². The molecule has 0 unspecified atom stereocenters. The largest absolute Gasteiger partial charge is 0.493 e. The number of benzene rings is 1. The summed E-state index contributed by atoms with van der Waals surface area (Å²) in [7, 11) is 0. The van der Waals surface area contributed by atoms with Gasteiger partial charge in [0.15, 0.2) is 0 Å². The monoisotopic (exact) mass is 247 g/mol. The zero-order valence-electron chi connectivity index (χ0n) is 10.8. The summed E-state index contributed by atoms with van der Waals surface area (Å²) >= 11 is 0. The number of hydrogen-bond acceptors (Lipinski definition) is 3. The molecule has 0 bridgehead atoms. The molecule has 0 radical (unpaired) electrons. The fourth-order valence-corrected chi connectivity index (χ4v) is 2.67. The zero-order chi connectivity index (χ0) is 12.2. The van der Waals surface area contributed by atoms with Crippen molar-refractivity contribution in [1.82, 2.24) is 0 Å². The van der Waals surface area contributed by atoms with Crippen LogP contribution in [0.2, 0.25) is 0 Å². The van der Waals surface area contributed by atoms with E-state index < -0.39 is 0 Å². The van der Waals surface area contributed by atoms with Gasteiger partial charge >= 0.3 is 0 Å². The van der Waals surface area contributed by atoms with Crippen LogP contribution in [-0.4, -0.2) is 26.4 Å². The molecule has 0 saturated carbocycles. The number of aryl methyl sites for hydroxylation is 1. The van der Waals surface area contributed by atoms with E-state index in [-0.39, 0.29) is 0 Å². The highest BCUT2D eigenvalue weighted by molar-refractivity contribution is 5.55. The van der Waals surface area contributed by atoms with Crippen LogP contribution in [-0.2, 0) is 11.2 Å². The van der Waals surface area contributed by atoms with Crippen LogP contribution in [0.25, 0.3) is 0 Å². The minimum Gasteiger partial charge on any atom is -0.493 e. The van der Waals surface area contributed by atoms with E-state index in [9.17, 15) is 0 Å². The molecule has 3 rings (SSSR count). The minimum atomic E-state index is 0.660. The normalized spacial score (nSPS) is 20.0. The molecule has 0 amide bonds.